The zero-order valence-electron chi connectivity index (χ0n) is 20.5. The zero-order chi connectivity index (χ0) is 25.8. The maximum atomic E-state index is 13.8. The van der Waals surface area contributed by atoms with Crippen LogP contribution in [0.2, 0.25) is 5.02 Å². The Morgan fingerprint density at radius 3 is 2.47 bits per heavy atom. The van der Waals surface area contributed by atoms with Crippen LogP contribution in [-0.4, -0.2) is 30.4 Å². The minimum absolute atomic E-state index is 0.213. The fourth-order valence-corrected chi connectivity index (χ4v) is 5.30. The van der Waals surface area contributed by atoms with Gasteiger partial charge in [0.25, 0.3) is 5.56 Å². The highest BCUT2D eigenvalue weighted by Crippen LogP contribution is 2.32. The maximum absolute atomic E-state index is 13.8. The molecule has 0 saturated heterocycles. The van der Waals surface area contributed by atoms with E-state index in [0.29, 0.717) is 55.9 Å². The summed E-state index contributed by atoms with van der Waals surface area (Å²) in [5.74, 6) is 0.830. The molecule has 1 aromatic heterocycles. The average Bonchev–Trinajstić information content (AvgIpc) is 3.15. The van der Waals surface area contributed by atoms with Crippen LogP contribution in [0.25, 0.3) is 6.08 Å². The molecule has 0 bridgehead atoms. The molecule has 1 aliphatic rings. The molecule has 0 saturated carbocycles. The number of hydrogen-bond donors (Lipinski definition) is 0. The van der Waals surface area contributed by atoms with E-state index in [1.165, 1.54) is 11.3 Å². The van der Waals surface area contributed by atoms with Crippen molar-refractivity contribution in [1.29, 1.82) is 0 Å². The summed E-state index contributed by atoms with van der Waals surface area (Å²) in [4.78, 5) is 31.9. The number of nitrogens with zero attached hydrogens (tertiary/aromatic N) is 2. The molecule has 3 aromatic rings. The van der Waals surface area contributed by atoms with Crippen molar-refractivity contribution in [2.75, 3.05) is 19.8 Å². The zero-order valence-corrected chi connectivity index (χ0v) is 22.1. The standard InChI is InChI=1S/C27H27ClN2O5S/c1-5-33-20-11-8-17(9-12-20)24-23(26(32)35-7-3)16(4)29-27-30(24)25(31)22(36-27)15-18-14-19(28)10-13-21(18)34-6-2/h8-15,24H,5-7H2,1-4H3/b22-15-/t24-/m0/s1. The van der Waals surface area contributed by atoms with Crippen LogP contribution in [0.3, 0.4) is 0 Å². The summed E-state index contributed by atoms with van der Waals surface area (Å²) in [6, 6.07) is 11.9. The van der Waals surface area contributed by atoms with E-state index in [-0.39, 0.29) is 12.2 Å². The average molecular weight is 527 g/mol. The molecule has 0 spiro atoms. The Morgan fingerprint density at radius 1 is 1.08 bits per heavy atom. The van der Waals surface area contributed by atoms with Gasteiger partial charge in [0.2, 0.25) is 0 Å². The van der Waals surface area contributed by atoms with E-state index in [9.17, 15) is 9.59 Å². The Kier molecular flexibility index (Phi) is 7.96. The van der Waals surface area contributed by atoms with Crippen LogP contribution >= 0.6 is 22.9 Å². The number of benzene rings is 2. The van der Waals surface area contributed by atoms with E-state index < -0.39 is 12.0 Å². The molecule has 0 fully saturated rings. The van der Waals surface area contributed by atoms with Crippen LogP contribution in [0.1, 0.15) is 44.9 Å². The van der Waals surface area contributed by atoms with E-state index >= 15 is 0 Å². The van der Waals surface area contributed by atoms with Gasteiger partial charge in [-0.15, -0.1) is 0 Å². The molecule has 0 radical (unpaired) electrons. The molecule has 36 heavy (non-hydrogen) atoms. The monoisotopic (exact) mass is 526 g/mol. The topological polar surface area (TPSA) is 79.1 Å². The molecule has 2 heterocycles. The van der Waals surface area contributed by atoms with Crippen LogP contribution in [0.4, 0.5) is 0 Å². The second-order valence-corrected chi connectivity index (χ2v) is 9.37. The molecule has 4 rings (SSSR count). The van der Waals surface area contributed by atoms with E-state index in [1.54, 1.807) is 42.7 Å². The van der Waals surface area contributed by atoms with Crippen molar-refractivity contribution in [2.24, 2.45) is 4.99 Å². The van der Waals surface area contributed by atoms with Gasteiger partial charge in [0.05, 0.1) is 41.7 Å². The molecule has 188 valence electrons. The normalized spacial score (nSPS) is 15.4. The number of halogens is 1. The Hall–Kier alpha value is -3.36. The SMILES string of the molecule is CCOC(=O)C1=C(C)N=c2s/c(=C\c3cc(Cl)ccc3OCC)c(=O)n2[C@H]1c1ccc(OCC)cc1. The highest BCUT2D eigenvalue weighted by Gasteiger charge is 2.33. The lowest BCUT2D eigenvalue weighted by molar-refractivity contribution is -0.139. The predicted octanol–water partition coefficient (Wildman–Crippen LogP) is 4.25. The lowest BCUT2D eigenvalue weighted by atomic mass is 9.96. The Morgan fingerprint density at radius 2 is 1.81 bits per heavy atom. The molecule has 9 heteroatoms. The van der Waals surface area contributed by atoms with Gasteiger partial charge in [-0.05, 0) is 69.7 Å². The van der Waals surface area contributed by atoms with E-state index in [2.05, 4.69) is 4.99 Å². The van der Waals surface area contributed by atoms with E-state index in [0.717, 1.165) is 5.56 Å². The Labute approximate surface area is 217 Å². The van der Waals surface area contributed by atoms with Gasteiger partial charge in [-0.2, -0.15) is 0 Å². The number of hydrogen-bond acceptors (Lipinski definition) is 7. The first-order valence-corrected chi connectivity index (χ1v) is 12.9. The fraction of sp³-hybridized carbons (Fsp3) is 0.296. The van der Waals surface area contributed by atoms with Gasteiger partial charge >= 0.3 is 5.97 Å². The summed E-state index contributed by atoms with van der Waals surface area (Å²) in [6.45, 7) is 8.53. The molecule has 1 aliphatic heterocycles. The second kappa shape index (κ2) is 11.1. The van der Waals surface area contributed by atoms with Gasteiger partial charge in [-0.25, -0.2) is 9.79 Å². The summed E-state index contributed by atoms with van der Waals surface area (Å²) in [7, 11) is 0. The highest BCUT2D eigenvalue weighted by atomic mass is 35.5. The summed E-state index contributed by atoms with van der Waals surface area (Å²) in [5.41, 5.74) is 2.01. The molecule has 0 unspecified atom stereocenters. The highest BCUT2D eigenvalue weighted by molar-refractivity contribution is 7.07. The molecule has 2 aromatic carbocycles. The van der Waals surface area contributed by atoms with Crippen molar-refractivity contribution in [2.45, 2.75) is 33.7 Å². The van der Waals surface area contributed by atoms with Crippen LogP contribution in [0.5, 0.6) is 11.5 Å². The molecule has 0 amide bonds. The number of rotatable bonds is 8. The molecule has 1 atom stereocenters. The van der Waals surface area contributed by atoms with Crippen molar-refractivity contribution in [3.63, 3.8) is 0 Å². The van der Waals surface area contributed by atoms with Crippen molar-refractivity contribution in [3.05, 3.63) is 89.6 Å². The number of esters is 1. The minimum Gasteiger partial charge on any atom is -0.494 e. The molecule has 7 nitrogen and oxygen atoms in total. The van der Waals surface area contributed by atoms with E-state index in [4.69, 9.17) is 25.8 Å². The van der Waals surface area contributed by atoms with Gasteiger partial charge < -0.3 is 14.2 Å². The van der Waals surface area contributed by atoms with Crippen molar-refractivity contribution in [1.82, 2.24) is 4.57 Å². The van der Waals surface area contributed by atoms with Gasteiger partial charge in [0.1, 0.15) is 11.5 Å². The number of aromatic nitrogens is 1. The van der Waals surface area contributed by atoms with Crippen LogP contribution in [-0.2, 0) is 9.53 Å². The third-order valence-corrected chi connectivity index (χ3v) is 6.80. The van der Waals surface area contributed by atoms with Crippen molar-refractivity contribution in [3.8, 4) is 11.5 Å². The Balaban J connectivity index is 1.93. The molecule has 0 N–H and O–H groups in total. The van der Waals surface area contributed by atoms with Gasteiger partial charge in [0, 0.05) is 10.6 Å². The number of allylic oxidation sites excluding steroid dienone is 1. The van der Waals surface area contributed by atoms with Crippen molar-refractivity contribution >= 4 is 35.0 Å². The first-order chi connectivity index (χ1) is 17.4. The van der Waals surface area contributed by atoms with Crippen molar-refractivity contribution < 1.29 is 19.0 Å². The second-order valence-electron chi connectivity index (χ2n) is 7.92. The van der Waals surface area contributed by atoms with Crippen LogP contribution < -0.4 is 24.4 Å². The maximum Gasteiger partial charge on any atom is 0.338 e. The molecular weight excluding hydrogens is 500 g/mol. The summed E-state index contributed by atoms with van der Waals surface area (Å²) in [6.07, 6.45) is 1.75. The van der Waals surface area contributed by atoms with E-state index in [1.807, 2.05) is 38.1 Å². The predicted molar refractivity (Wildman–Crippen MR) is 141 cm³/mol. The number of thiazole rings is 1. The number of carbonyl (C=O) groups excluding carboxylic acids is 1. The van der Waals surface area contributed by atoms with Gasteiger partial charge in [-0.3, -0.25) is 9.36 Å². The summed E-state index contributed by atoms with van der Waals surface area (Å²) in [5, 5.41) is 0.533. The first-order valence-electron chi connectivity index (χ1n) is 11.7. The lowest BCUT2D eigenvalue weighted by Crippen LogP contribution is -2.39. The Bertz CT molecular complexity index is 1490. The fourth-order valence-electron chi connectivity index (χ4n) is 4.08. The number of carbonyl (C=O) groups is 1. The number of ether oxygens (including phenoxy) is 3. The lowest BCUT2D eigenvalue weighted by Gasteiger charge is -2.24. The molecule has 0 aliphatic carbocycles. The smallest absolute Gasteiger partial charge is 0.338 e. The largest absolute Gasteiger partial charge is 0.494 e. The van der Waals surface area contributed by atoms with Gasteiger partial charge in [-0.1, -0.05) is 35.1 Å². The van der Waals surface area contributed by atoms with Gasteiger partial charge in [0.15, 0.2) is 4.80 Å². The molecular formula is C27H27ClN2O5S. The summed E-state index contributed by atoms with van der Waals surface area (Å²) >= 11 is 7.47. The third-order valence-electron chi connectivity index (χ3n) is 5.58. The third kappa shape index (κ3) is 5.10. The summed E-state index contributed by atoms with van der Waals surface area (Å²) < 4.78 is 18.6. The van der Waals surface area contributed by atoms with Crippen LogP contribution in [0, 0.1) is 0 Å². The minimum atomic E-state index is -0.691. The quantitative estimate of drug-likeness (QED) is 0.410. The van der Waals surface area contributed by atoms with Crippen LogP contribution in [0.15, 0.2) is 63.5 Å². The first kappa shape index (κ1) is 25.7. The number of fused-ring (bicyclic) bond motifs is 1.